The molecule has 1 amide bonds. The van der Waals surface area contributed by atoms with Gasteiger partial charge in [0.2, 0.25) is 5.91 Å². The lowest BCUT2D eigenvalue weighted by Gasteiger charge is -2.14. The van der Waals surface area contributed by atoms with Gasteiger partial charge in [-0.05, 0) is 19.9 Å². The summed E-state index contributed by atoms with van der Waals surface area (Å²) < 4.78 is 24.7. The second-order valence-electron chi connectivity index (χ2n) is 4.91. The molecule has 0 fully saturated rings. The maximum atomic E-state index is 12.0. The molecule has 24 heavy (non-hydrogen) atoms. The number of nitrogens with one attached hydrogen (secondary N) is 2. The number of nitrogens with zero attached hydrogens (tertiary/aromatic N) is 1. The third kappa shape index (κ3) is 5.82. The van der Waals surface area contributed by atoms with Crippen molar-refractivity contribution in [2.45, 2.75) is 20.0 Å². The number of ether oxygens (including phenoxy) is 1. The molecule has 132 valence electrons. The fourth-order valence-electron chi connectivity index (χ4n) is 1.66. The average molecular weight is 412 g/mol. The van der Waals surface area contributed by atoms with Gasteiger partial charge in [0, 0.05) is 6.07 Å². The summed E-state index contributed by atoms with van der Waals surface area (Å²) in [6, 6.07) is 3.11. The van der Waals surface area contributed by atoms with Crippen LogP contribution in [0.15, 0.2) is 16.5 Å². The van der Waals surface area contributed by atoms with Crippen molar-refractivity contribution < 1.29 is 18.0 Å². The Morgan fingerprint density at radius 1 is 1.46 bits per heavy atom. The summed E-state index contributed by atoms with van der Waals surface area (Å²) in [6.45, 7) is 3.74. The molecule has 0 saturated heterocycles. The largest absolute Gasteiger partial charge is 0.489 e. The zero-order valence-corrected chi connectivity index (χ0v) is 15.9. The molecule has 0 bridgehead atoms. The van der Waals surface area contributed by atoms with Gasteiger partial charge >= 0.3 is 11.3 Å². The number of amidine groups is 1. The van der Waals surface area contributed by atoms with Gasteiger partial charge in [-0.2, -0.15) is 4.28 Å². The number of amides is 1. The lowest BCUT2D eigenvalue weighted by Crippen LogP contribution is -2.21. The number of hydroxylamine groups is 1. The fourth-order valence-corrected chi connectivity index (χ4v) is 3.38. The van der Waals surface area contributed by atoms with Crippen LogP contribution in [0.4, 0.5) is 5.69 Å². The van der Waals surface area contributed by atoms with E-state index in [0.29, 0.717) is 33.1 Å². The smallest absolute Gasteiger partial charge is 0.309 e. The third-order valence-electron chi connectivity index (χ3n) is 2.55. The highest BCUT2D eigenvalue weighted by atomic mass is 35.5. The number of benzene rings is 1. The number of carbonyl (C=O) groups excluding carboxylic acids is 1. The van der Waals surface area contributed by atoms with Crippen molar-refractivity contribution >= 4 is 63.7 Å². The minimum atomic E-state index is -1.69. The van der Waals surface area contributed by atoms with Crippen LogP contribution in [-0.4, -0.2) is 33.6 Å². The Bertz CT molecular complexity index is 685. The van der Waals surface area contributed by atoms with Crippen LogP contribution in [0.5, 0.6) is 5.75 Å². The molecule has 2 rings (SSSR count). The molecule has 11 heteroatoms. The first kappa shape index (κ1) is 19.3. The Balaban J connectivity index is 1.91. The lowest BCUT2D eigenvalue weighted by atomic mass is 10.3. The molecular weight excluding hydrogens is 397 g/mol. The number of hydrogen-bond donors (Lipinski definition) is 2. The summed E-state index contributed by atoms with van der Waals surface area (Å²) in [4.78, 5) is 12.0. The Labute approximate surface area is 156 Å². The van der Waals surface area contributed by atoms with Crippen LogP contribution in [0.3, 0.4) is 0 Å². The number of rotatable bonds is 7. The van der Waals surface area contributed by atoms with Crippen LogP contribution in [-0.2, 0) is 20.3 Å². The van der Waals surface area contributed by atoms with E-state index in [2.05, 4.69) is 19.5 Å². The minimum Gasteiger partial charge on any atom is -0.489 e. The summed E-state index contributed by atoms with van der Waals surface area (Å²) >= 11 is 11.8. The van der Waals surface area contributed by atoms with E-state index in [0.717, 1.165) is 0 Å². The van der Waals surface area contributed by atoms with Gasteiger partial charge in [-0.25, -0.2) is 9.69 Å². The molecule has 7 nitrogen and oxygen atoms in total. The number of anilines is 1. The van der Waals surface area contributed by atoms with Gasteiger partial charge in [-0.15, -0.1) is 16.2 Å². The summed E-state index contributed by atoms with van der Waals surface area (Å²) in [5.41, 5.74) is 2.84. The summed E-state index contributed by atoms with van der Waals surface area (Å²) in [5.74, 6) is 1.15. The maximum Gasteiger partial charge on any atom is 0.309 e. The standard InChI is InChI=1S/C13H15Cl2N3O4S2/c1-7(2)21-11-4-10(8(14)3-9(11)15)16-13(19)6-23-5-12-17-22-24(20)18-12/h3-4,7H,5-6H2,1-2H3,(H,16,19)(H,17,18). The van der Waals surface area contributed by atoms with E-state index in [1.165, 1.54) is 17.8 Å². The molecule has 0 saturated carbocycles. The summed E-state index contributed by atoms with van der Waals surface area (Å²) in [5, 5.41) is 3.40. The predicted molar refractivity (Wildman–Crippen MR) is 98.0 cm³/mol. The molecule has 0 radical (unpaired) electrons. The summed E-state index contributed by atoms with van der Waals surface area (Å²) in [7, 11) is 0. The molecule has 1 aliphatic rings. The number of halogens is 2. The molecule has 1 heterocycles. The number of thioether (sulfide) groups is 1. The van der Waals surface area contributed by atoms with Gasteiger partial charge in [0.05, 0.1) is 33.3 Å². The SMILES string of the molecule is CC(C)Oc1cc(NC(=O)CSCC2=NS(=O)ON2)c(Cl)cc1Cl. The Kier molecular flexibility index (Phi) is 7.17. The predicted octanol–water partition coefficient (Wildman–Crippen LogP) is 2.96. The Morgan fingerprint density at radius 3 is 2.83 bits per heavy atom. The Hall–Kier alpha value is -1.00. The molecule has 0 aromatic heterocycles. The van der Waals surface area contributed by atoms with Crippen molar-refractivity contribution in [1.82, 2.24) is 5.48 Å². The Morgan fingerprint density at radius 2 is 2.21 bits per heavy atom. The zero-order chi connectivity index (χ0) is 17.7. The van der Waals surface area contributed by atoms with E-state index >= 15 is 0 Å². The van der Waals surface area contributed by atoms with Gasteiger partial charge < -0.3 is 10.1 Å². The van der Waals surface area contributed by atoms with Crippen molar-refractivity contribution in [1.29, 1.82) is 0 Å². The van der Waals surface area contributed by atoms with Gasteiger partial charge in [0.1, 0.15) is 11.6 Å². The molecule has 2 N–H and O–H groups in total. The van der Waals surface area contributed by atoms with Crippen LogP contribution >= 0.6 is 35.0 Å². The second kappa shape index (κ2) is 8.91. The first-order valence-corrected chi connectivity index (χ1v) is 9.75. The molecule has 1 aromatic rings. The van der Waals surface area contributed by atoms with E-state index in [-0.39, 0.29) is 17.8 Å². The zero-order valence-electron chi connectivity index (χ0n) is 12.8. The number of carbonyl (C=O) groups is 1. The fraction of sp³-hybridized carbons (Fsp3) is 0.385. The quantitative estimate of drug-likeness (QED) is 0.716. The molecule has 1 atom stereocenters. The van der Waals surface area contributed by atoms with Gasteiger partial charge in [-0.3, -0.25) is 4.79 Å². The molecule has 0 aliphatic carbocycles. The normalized spacial score (nSPS) is 16.7. The molecular formula is C13H15Cl2N3O4S2. The third-order valence-corrected chi connectivity index (χ3v) is 4.69. The highest BCUT2D eigenvalue weighted by molar-refractivity contribution is 8.00. The molecule has 1 aromatic carbocycles. The van der Waals surface area contributed by atoms with E-state index in [4.69, 9.17) is 27.9 Å². The first-order valence-electron chi connectivity index (χ1n) is 6.81. The van der Waals surface area contributed by atoms with Crippen LogP contribution in [0.2, 0.25) is 10.0 Å². The van der Waals surface area contributed by atoms with Gasteiger partial charge in [-0.1, -0.05) is 23.2 Å². The first-order chi connectivity index (χ1) is 11.3. The van der Waals surface area contributed by atoms with E-state index in [9.17, 15) is 9.00 Å². The van der Waals surface area contributed by atoms with E-state index < -0.39 is 11.3 Å². The van der Waals surface area contributed by atoms with Crippen molar-refractivity contribution in [3.05, 3.63) is 22.2 Å². The topological polar surface area (TPSA) is 89.0 Å². The molecule has 1 unspecified atom stereocenters. The molecule has 0 spiro atoms. The van der Waals surface area contributed by atoms with E-state index in [1.807, 2.05) is 13.8 Å². The van der Waals surface area contributed by atoms with Crippen LogP contribution in [0, 0.1) is 0 Å². The van der Waals surface area contributed by atoms with Crippen molar-refractivity contribution in [3.8, 4) is 5.75 Å². The van der Waals surface area contributed by atoms with E-state index in [1.54, 1.807) is 6.07 Å². The minimum absolute atomic E-state index is 0.0600. The van der Waals surface area contributed by atoms with Crippen molar-refractivity contribution in [2.75, 3.05) is 16.8 Å². The molecule has 1 aliphatic heterocycles. The average Bonchev–Trinajstić information content (AvgIpc) is 2.89. The van der Waals surface area contributed by atoms with Gasteiger partial charge in [0.25, 0.3) is 0 Å². The highest BCUT2D eigenvalue weighted by Crippen LogP contribution is 2.34. The summed E-state index contributed by atoms with van der Waals surface area (Å²) in [6.07, 6.45) is -0.0600. The van der Waals surface area contributed by atoms with Crippen LogP contribution in [0.1, 0.15) is 13.8 Å². The lowest BCUT2D eigenvalue weighted by molar-refractivity contribution is -0.113. The van der Waals surface area contributed by atoms with Gasteiger partial charge in [0.15, 0.2) is 0 Å². The van der Waals surface area contributed by atoms with Crippen molar-refractivity contribution in [2.24, 2.45) is 4.40 Å². The monoisotopic (exact) mass is 411 g/mol. The number of hydrogen-bond acceptors (Lipinski definition) is 6. The van der Waals surface area contributed by atoms with Crippen molar-refractivity contribution in [3.63, 3.8) is 0 Å². The maximum absolute atomic E-state index is 12.0. The van der Waals surface area contributed by atoms with Crippen LogP contribution < -0.4 is 15.5 Å². The highest BCUT2D eigenvalue weighted by Gasteiger charge is 2.15. The van der Waals surface area contributed by atoms with Crippen LogP contribution in [0.25, 0.3) is 0 Å². The second-order valence-corrected chi connectivity index (χ2v) is 7.49.